The summed E-state index contributed by atoms with van der Waals surface area (Å²) >= 11 is 0. The van der Waals surface area contributed by atoms with E-state index in [0.29, 0.717) is 13.0 Å². The van der Waals surface area contributed by atoms with Crippen molar-refractivity contribution >= 4 is 39.3 Å². The number of benzene rings is 2. The maximum absolute atomic E-state index is 14.2. The van der Waals surface area contributed by atoms with Crippen LogP contribution >= 0.6 is 0 Å². The van der Waals surface area contributed by atoms with E-state index in [1.165, 1.54) is 45.7 Å². The molecular weight excluding hydrogens is 693 g/mol. The summed E-state index contributed by atoms with van der Waals surface area (Å²) in [5.74, 6) is 0.795. The fraction of sp³-hybridized carbons (Fsp3) is 0.533. The van der Waals surface area contributed by atoms with Crippen LogP contribution in [-0.4, -0.2) is 83.0 Å². The third-order valence-corrected chi connectivity index (χ3v) is 14.8. The lowest BCUT2D eigenvalue weighted by Crippen LogP contribution is -2.56. The number of likely N-dealkylation sites (N-methyl/N-ethyl adjacent to an activating group) is 2. The van der Waals surface area contributed by atoms with Crippen LogP contribution in [0.3, 0.4) is 0 Å². The normalized spacial score (nSPS) is 29.1. The van der Waals surface area contributed by atoms with Gasteiger partial charge in [-0.1, -0.05) is 18.2 Å². The highest BCUT2D eigenvalue weighted by Crippen LogP contribution is 2.54. The lowest BCUT2D eigenvalue weighted by atomic mass is 9.64. The van der Waals surface area contributed by atoms with Crippen molar-refractivity contribution in [1.29, 1.82) is 0 Å². The molecule has 9 rings (SSSR count). The second kappa shape index (κ2) is 13.4. The lowest BCUT2D eigenvalue weighted by molar-refractivity contribution is -0.147. The molecule has 5 aliphatic rings. The molecule has 10 nitrogen and oxygen atoms in total. The van der Waals surface area contributed by atoms with Crippen LogP contribution in [0.15, 0.2) is 48.2 Å². The Morgan fingerprint density at radius 2 is 1.55 bits per heavy atom. The van der Waals surface area contributed by atoms with Crippen molar-refractivity contribution in [3.8, 4) is 5.75 Å². The summed E-state index contributed by atoms with van der Waals surface area (Å²) in [6.45, 7) is 5.78. The van der Waals surface area contributed by atoms with E-state index < -0.39 is 0 Å². The van der Waals surface area contributed by atoms with Crippen molar-refractivity contribution in [2.75, 3.05) is 34.4 Å². The molecule has 4 aromatic rings. The van der Waals surface area contributed by atoms with Crippen molar-refractivity contribution in [2.45, 2.75) is 77.0 Å². The molecule has 2 saturated heterocycles. The quantitative estimate of drug-likeness (QED) is 0.195. The number of rotatable bonds is 8. The van der Waals surface area contributed by atoms with Gasteiger partial charge in [-0.15, -0.1) is 0 Å². The fourth-order valence-electron chi connectivity index (χ4n) is 12.3. The van der Waals surface area contributed by atoms with Crippen LogP contribution in [0.5, 0.6) is 5.75 Å². The Labute approximate surface area is 323 Å². The van der Waals surface area contributed by atoms with E-state index >= 15 is 0 Å². The number of carbonyl (C=O) groups is 3. The van der Waals surface area contributed by atoms with Crippen LogP contribution < -0.4 is 4.74 Å². The number of piperidine rings is 2. The largest absolute Gasteiger partial charge is 0.500 e. The number of ether oxygens (including phenoxy) is 3. The minimum absolute atomic E-state index is 0.0191. The average molecular weight is 747 g/mol. The summed E-state index contributed by atoms with van der Waals surface area (Å²) in [4.78, 5) is 44.3. The van der Waals surface area contributed by atoms with Crippen LogP contribution in [0.2, 0.25) is 0 Å². The number of para-hydroxylation sites is 1. The number of nitrogens with zero attached hydrogens (tertiary/aromatic N) is 4. The number of aryl methyl sites for hydroxylation is 2. The van der Waals surface area contributed by atoms with Crippen LogP contribution in [0.25, 0.3) is 21.8 Å². The van der Waals surface area contributed by atoms with Crippen molar-refractivity contribution < 1.29 is 28.6 Å². The predicted octanol–water partition coefficient (Wildman–Crippen LogP) is 6.26. The number of allylic oxidation sites excluding steroid dienone is 1. The number of methoxy groups -OCH3 is 1. The van der Waals surface area contributed by atoms with Crippen LogP contribution in [0.1, 0.15) is 73.8 Å². The molecule has 2 fully saturated rings. The second-order valence-corrected chi connectivity index (χ2v) is 17.2. The highest BCUT2D eigenvalue weighted by Gasteiger charge is 2.52. The number of carbonyl (C=O) groups excluding carboxylic acids is 3. The Bertz CT molecular complexity index is 2280. The Kier molecular flexibility index (Phi) is 8.81. The molecule has 2 aromatic heterocycles. The predicted molar refractivity (Wildman–Crippen MR) is 211 cm³/mol. The van der Waals surface area contributed by atoms with Gasteiger partial charge in [0.05, 0.1) is 44.2 Å². The zero-order chi connectivity index (χ0) is 38.6. The van der Waals surface area contributed by atoms with Gasteiger partial charge in [0.1, 0.15) is 11.5 Å². The monoisotopic (exact) mass is 746 g/mol. The molecule has 0 unspecified atom stereocenters. The van der Waals surface area contributed by atoms with Gasteiger partial charge < -0.3 is 23.3 Å². The Balaban J connectivity index is 1.14. The molecule has 290 valence electrons. The summed E-state index contributed by atoms with van der Waals surface area (Å²) < 4.78 is 22.7. The number of aromatic nitrogens is 2. The zero-order valence-corrected chi connectivity index (χ0v) is 33.4. The number of ketones is 2. The second-order valence-electron chi connectivity index (χ2n) is 17.2. The minimum Gasteiger partial charge on any atom is -0.500 e. The van der Waals surface area contributed by atoms with Gasteiger partial charge in [-0.2, -0.15) is 0 Å². The zero-order valence-electron chi connectivity index (χ0n) is 33.4. The number of fused-ring (bicyclic) bond motifs is 14. The van der Waals surface area contributed by atoms with Crippen LogP contribution in [0, 0.1) is 29.6 Å². The van der Waals surface area contributed by atoms with Crippen LogP contribution in [-0.2, 0) is 57.2 Å². The van der Waals surface area contributed by atoms with Gasteiger partial charge in [0.2, 0.25) is 0 Å². The molecule has 0 radical (unpaired) electrons. The van der Waals surface area contributed by atoms with Gasteiger partial charge in [0, 0.05) is 89.7 Å². The highest BCUT2D eigenvalue weighted by molar-refractivity contribution is 5.94. The third kappa shape index (κ3) is 5.37. The third-order valence-electron chi connectivity index (χ3n) is 14.8. The molecular formula is C45H54N4O6. The van der Waals surface area contributed by atoms with E-state index in [9.17, 15) is 14.4 Å². The Morgan fingerprint density at radius 3 is 2.27 bits per heavy atom. The molecule has 9 atom stereocenters. The fourth-order valence-corrected chi connectivity index (χ4v) is 12.3. The Morgan fingerprint density at radius 1 is 0.855 bits per heavy atom. The topological polar surface area (TPSA) is 95.2 Å². The van der Waals surface area contributed by atoms with Crippen molar-refractivity contribution in [2.24, 2.45) is 43.7 Å². The van der Waals surface area contributed by atoms with E-state index in [4.69, 9.17) is 14.2 Å². The average Bonchev–Trinajstić information content (AvgIpc) is 3.59. The molecule has 0 amide bonds. The molecule has 0 aliphatic carbocycles. The number of hydrogen-bond acceptors (Lipinski definition) is 8. The van der Waals surface area contributed by atoms with Gasteiger partial charge in [0.25, 0.3) is 0 Å². The first kappa shape index (κ1) is 36.2. The molecule has 10 heteroatoms. The van der Waals surface area contributed by atoms with E-state index in [-0.39, 0.29) is 77.9 Å². The summed E-state index contributed by atoms with van der Waals surface area (Å²) in [6.07, 6.45) is 5.59. The molecule has 5 aliphatic heterocycles. The van der Waals surface area contributed by atoms with E-state index in [2.05, 4.69) is 83.5 Å². The summed E-state index contributed by atoms with van der Waals surface area (Å²) in [5, 5.41) is 2.50. The van der Waals surface area contributed by atoms with Crippen molar-refractivity contribution in [1.82, 2.24) is 18.9 Å². The standard InChI is InChI=1S/C45H54N4O6/c1-23(50)28(29-16-40-44-31(26-11-9-10-12-37(26)48(44)6)18-39(47(40)5)36(29)22-55-25(3)52)15-33-42(53-8)14-13-27-32-19-38-35-21-54-20-34(24(2)51)30(35)17-41(46(38)4)45(32)49(7)43(27)33/h9-14,20,28-30,35-36,38-41H,15-19,21-22H2,1-8H3/t28-,29-,30-,35+,36+,38-,39-,40-,41-/m0/s1. The van der Waals surface area contributed by atoms with Gasteiger partial charge in [-0.05, 0) is 101 Å². The van der Waals surface area contributed by atoms with E-state index in [1.54, 1.807) is 27.2 Å². The number of Topliss-reactive ketones (excluding diaryl/α,β-unsaturated/α-hetero) is 2. The van der Waals surface area contributed by atoms with Gasteiger partial charge in [0.15, 0.2) is 5.78 Å². The van der Waals surface area contributed by atoms with Gasteiger partial charge >= 0.3 is 5.97 Å². The molecule has 4 bridgehead atoms. The molecule has 0 spiro atoms. The first-order chi connectivity index (χ1) is 26.4. The first-order valence-electron chi connectivity index (χ1n) is 20.0. The van der Waals surface area contributed by atoms with Crippen LogP contribution in [0.4, 0.5) is 0 Å². The summed E-state index contributed by atoms with van der Waals surface area (Å²) in [6, 6.07) is 13.6. The summed E-state index contributed by atoms with van der Waals surface area (Å²) in [7, 11) is 10.5. The van der Waals surface area contributed by atoms with Gasteiger partial charge in [-0.3, -0.25) is 24.2 Å². The SMILES string of the molecule is COc1ccc2c3c(n(C)c2c1C[C@@H](C(C)=O)[C@@H]1C[C@H]2c4c(c5ccccc5n4C)C[C@@H]([C@@H]1COC(C)=O)N2C)[C@@H]1C[C@H]2C(C(C)=O)=COC[C@H]2[C@H](C3)N1C. The minimum atomic E-state index is -0.313. The lowest BCUT2D eigenvalue weighted by Gasteiger charge is -2.53. The molecule has 7 heterocycles. The molecule has 0 saturated carbocycles. The maximum Gasteiger partial charge on any atom is 0.302 e. The van der Waals surface area contributed by atoms with Gasteiger partial charge in [-0.25, -0.2) is 0 Å². The van der Waals surface area contributed by atoms with Crippen molar-refractivity contribution in [3.63, 3.8) is 0 Å². The molecule has 0 N–H and O–H groups in total. The van der Waals surface area contributed by atoms with E-state index in [1.807, 2.05) is 0 Å². The number of esters is 1. The highest BCUT2D eigenvalue weighted by atomic mass is 16.5. The number of hydrogen-bond donors (Lipinski definition) is 0. The summed E-state index contributed by atoms with van der Waals surface area (Å²) in [5.41, 5.74) is 9.58. The van der Waals surface area contributed by atoms with Crippen molar-refractivity contribution in [3.05, 3.63) is 76.3 Å². The molecule has 2 aromatic carbocycles. The van der Waals surface area contributed by atoms with E-state index in [0.717, 1.165) is 48.1 Å². The molecule has 55 heavy (non-hydrogen) atoms. The Hall–Kier alpha value is -4.41. The smallest absolute Gasteiger partial charge is 0.302 e. The maximum atomic E-state index is 14.2. The first-order valence-corrected chi connectivity index (χ1v) is 20.0.